The standard InChI is InChI=1S/C18H22N4O7S/c1-12-2-3-13(30(26,27)22-6-8-28-9-7-22)10-15(12)19-17(24)11-29-18(25)14-4-5-16(23)21-20-14/h2-3,10H,4-9,11H2,1H3,(H,19,24)(H,21,23). The number of carbonyl (C=O) groups excluding carboxylic acids is 3. The minimum Gasteiger partial charge on any atom is -0.451 e. The maximum absolute atomic E-state index is 12.8. The maximum atomic E-state index is 12.8. The van der Waals surface area contributed by atoms with Gasteiger partial charge in [-0.05, 0) is 24.6 Å². The average molecular weight is 438 g/mol. The van der Waals surface area contributed by atoms with Gasteiger partial charge in [-0.2, -0.15) is 9.41 Å². The second kappa shape index (κ2) is 9.32. The highest BCUT2D eigenvalue weighted by molar-refractivity contribution is 7.89. The van der Waals surface area contributed by atoms with Crippen LogP contribution in [0.15, 0.2) is 28.2 Å². The van der Waals surface area contributed by atoms with Gasteiger partial charge >= 0.3 is 5.97 Å². The summed E-state index contributed by atoms with van der Waals surface area (Å²) < 4.78 is 37.0. The maximum Gasteiger partial charge on any atom is 0.355 e. The predicted molar refractivity (Wildman–Crippen MR) is 105 cm³/mol. The van der Waals surface area contributed by atoms with Gasteiger partial charge < -0.3 is 14.8 Å². The van der Waals surface area contributed by atoms with Gasteiger partial charge in [0.1, 0.15) is 5.71 Å². The number of hydrogen-bond donors (Lipinski definition) is 2. The highest BCUT2D eigenvalue weighted by Crippen LogP contribution is 2.23. The molecule has 0 unspecified atom stereocenters. The van der Waals surface area contributed by atoms with E-state index in [1.807, 2.05) is 0 Å². The van der Waals surface area contributed by atoms with Crippen molar-refractivity contribution in [3.63, 3.8) is 0 Å². The van der Waals surface area contributed by atoms with E-state index in [0.29, 0.717) is 24.5 Å². The molecular weight excluding hydrogens is 416 g/mol. The van der Waals surface area contributed by atoms with Gasteiger partial charge in [-0.3, -0.25) is 9.59 Å². The largest absolute Gasteiger partial charge is 0.451 e. The molecule has 11 nitrogen and oxygen atoms in total. The number of hydrogen-bond acceptors (Lipinski definition) is 8. The van der Waals surface area contributed by atoms with E-state index in [2.05, 4.69) is 15.8 Å². The number of carbonyl (C=O) groups is 3. The molecule has 1 fully saturated rings. The molecule has 3 rings (SSSR count). The molecule has 0 radical (unpaired) electrons. The molecule has 30 heavy (non-hydrogen) atoms. The second-order valence-electron chi connectivity index (χ2n) is 6.71. The molecule has 0 aliphatic carbocycles. The molecule has 0 saturated carbocycles. The molecule has 2 aliphatic rings. The van der Waals surface area contributed by atoms with Crippen molar-refractivity contribution in [1.82, 2.24) is 9.73 Å². The summed E-state index contributed by atoms with van der Waals surface area (Å²) in [6.45, 7) is 2.32. The van der Waals surface area contributed by atoms with E-state index in [1.165, 1.54) is 16.4 Å². The molecule has 1 aromatic rings. The summed E-state index contributed by atoms with van der Waals surface area (Å²) in [6.07, 6.45) is 0.247. The molecular formula is C18H22N4O7S. The lowest BCUT2D eigenvalue weighted by atomic mass is 10.2. The molecule has 0 bridgehead atoms. The van der Waals surface area contributed by atoms with Gasteiger partial charge in [-0.25, -0.2) is 18.6 Å². The van der Waals surface area contributed by atoms with Crippen LogP contribution in [-0.2, 0) is 33.9 Å². The third kappa shape index (κ3) is 5.20. The molecule has 2 amide bonds. The van der Waals surface area contributed by atoms with Crippen molar-refractivity contribution in [3.05, 3.63) is 23.8 Å². The molecule has 1 saturated heterocycles. The summed E-state index contributed by atoms with van der Waals surface area (Å²) in [7, 11) is -3.72. The molecule has 162 valence electrons. The number of nitrogens with one attached hydrogen (secondary N) is 2. The summed E-state index contributed by atoms with van der Waals surface area (Å²) in [6, 6.07) is 4.44. The first-order chi connectivity index (χ1) is 14.3. The van der Waals surface area contributed by atoms with Crippen LogP contribution >= 0.6 is 0 Å². The molecule has 12 heteroatoms. The smallest absolute Gasteiger partial charge is 0.355 e. The van der Waals surface area contributed by atoms with Crippen molar-refractivity contribution in [3.8, 4) is 0 Å². The minimum absolute atomic E-state index is 0.0252. The molecule has 2 aliphatic heterocycles. The van der Waals surface area contributed by atoms with Gasteiger partial charge in [0, 0.05) is 31.6 Å². The topological polar surface area (TPSA) is 143 Å². The van der Waals surface area contributed by atoms with Gasteiger partial charge in [0.15, 0.2) is 6.61 Å². The predicted octanol–water partition coefficient (Wildman–Crippen LogP) is -0.236. The number of sulfonamides is 1. The number of esters is 1. The summed E-state index contributed by atoms with van der Waals surface area (Å²) in [4.78, 5) is 35.2. The van der Waals surface area contributed by atoms with Gasteiger partial charge in [0.05, 0.1) is 18.1 Å². The number of hydrazone groups is 1. The number of nitrogens with zero attached hydrogens (tertiary/aromatic N) is 2. The van der Waals surface area contributed by atoms with Crippen LogP contribution in [0.2, 0.25) is 0 Å². The van der Waals surface area contributed by atoms with E-state index in [1.54, 1.807) is 13.0 Å². The van der Waals surface area contributed by atoms with Gasteiger partial charge in [0.2, 0.25) is 15.9 Å². The first-order valence-corrected chi connectivity index (χ1v) is 10.7. The van der Waals surface area contributed by atoms with Gasteiger partial charge in [-0.1, -0.05) is 6.07 Å². The number of benzene rings is 1. The van der Waals surface area contributed by atoms with Crippen molar-refractivity contribution in [2.75, 3.05) is 38.2 Å². The zero-order valence-corrected chi connectivity index (χ0v) is 17.2. The van der Waals surface area contributed by atoms with Crippen LogP contribution in [0, 0.1) is 6.92 Å². The Bertz CT molecular complexity index is 984. The lowest BCUT2D eigenvalue weighted by Crippen LogP contribution is -2.40. The normalized spacial score (nSPS) is 17.6. The third-order valence-electron chi connectivity index (χ3n) is 4.57. The Hall–Kier alpha value is -2.83. The lowest BCUT2D eigenvalue weighted by Gasteiger charge is -2.26. The van der Waals surface area contributed by atoms with Crippen LogP contribution in [0.5, 0.6) is 0 Å². The number of anilines is 1. The Labute approximate surface area is 173 Å². The quantitative estimate of drug-likeness (QED) is 0.584. The average Bonchev–Trinajstić information content (AvgIpc) is 2.74. The zero-order chi connectivity index (χ0) is 21.7. The van der Waals surface area contributed by atoms with Crippen molar-refractivity contribution in [2.45, 2.75) is 24.7 Å². The van der Waals surface area contributed by atoms with E-state index in [-0.39, 0.29) is 42.4 Å². The first kappa shape index (κ1) is 21.9. The van der Waals surface area contributed by atoms with E-state index in [0.717, 1.165) is 0 Å². The van der Waals surface area contributed by atoms with Gasteiger partial charge in [-0.15, -0.1) is 0 Å². The fourth-order valence-corrected chi connectivity index (χ4v) is 4.29. The Morgan fingerprint density at radius 3 is 2.67 bits per heavy atom. The molecule has 1 aromatic carbocycles. The molecule has 2 N–H and O–H groups in total. The summed E-state index contributed by atoms with van der Waals surface area (Å²) in [5.41, 5.74) is 3.15. The van der Waals surface area contributed by atoms with Crippen molar-refractivity contribution < 1.29 is 32.3 Å². The van der Waals surface area contributed by atoms with Crippen LogP contribution < -0.4 is 10.7 Å². The number of amides is 2. The van der Waals surface area contributed by atoms with Crippen LogP contribution in [0.3, 0.4) is 0 Å². The Morgan fingerprint density at radius 1 is 1.27 bits per heavy atom. The summed E-state index contributed by atoms with van der Waals surface area (Å²) in [5, 5.41) is 6.16. The minimum atomic E-state index is -3.72. The van der Waals surface area contributed by atoms with E-state index in [9.17, 15) is 22.8 Å². The number of rotatable bonds is 6. The van der Waals surface area contributed by atoms with E-state index in [4.69, 9.17) is 9.47 Å². The Kier molecular flexibility index (Phi) is 6.80. The number of ether oxygens (including phenoxy) is 2. The molecule has 2 heterocycles. The number of aryl methyl sites for hydroxylation is 1. The van der Waals surface area contributed by atoms with Crippen molar-refractivity contribution in [1.29, 1.82) is 0 Å². The first-order valence-electron chi connectivity index (χ1n) is 9.28. The number of morpholine rings is 1. The van der Waals surface area contributed by atoms with Crippen molar-refractivity contribution in [2.24, 2.45) is 5.10 Å². The molecule has 0 atom stereocenters. The fraction of sp³-hybridized carbons (Fsp3) is 0.444. The highest BCUT2D eigenvalue weighted by atomic mass is 32.2. The zero-order valence-electron chi connectivity index (χ0n) is 16.3. The van der Waals surface area contributed by atoms with E-state index >= 15 is 0 Å². The summed E-state index contributed by atoms with van der Waals surface area (Å²) >= 11 is 0. The van der Waals surface area contributed by atoms with E-state index < -0.39 is 28.5 Å². The molecule has 0 spiro atoms. The monoisotopic (exact) mass is 438 g/mol. The molecule has 0 aromatic heterocycles. The van der Waals surface area contributed by atoms with Crippen LogP contribution in [0.1, 0.15) is 18.4 Å². The van der Waals surface area contributed by atoms with Crippen LogP contribution in [0.4, 0.5) is 5.69 Å². The lowest BCUT2D eigenvalue weighted by molar-refractivity contribution is -0.140. The van der Waals surface area contributed by atoms with Gasteiger partial charge in [0.25, 0.3) is 5.91 Å². The second-order valence-corrected chi connectivity index (χ2v) is 8.65. The Morgan fingerprint density at radius 2 is 2.00 bits per heavy atom. The third-order valence-corrected chi connectivity index (χ3v) is 6.46. The fourth-order valence-electron chi connectivity index (χ4n) is 2.85. The van der Waals surface area contributed by atoms with Crippen LogP contribution in [-0.4, -0.2) is 69.1 Å². The summed E-state index contributed by atoms with van der Waals surface area (Å²) in [5.74, 6) is -1.73. The Balaban J connectivity index is 1.63. The highest BCUT2D eigenvalue weighted by Gasteiger charge is 2.27. The SMILES string of the molecule is Cc1ccc(S(=O)(=O)N2CCOCC2)cc1NC(=O)COC(=O)C1=NNC(=O)CC1. The van der Waals surface area contributed by atoms with Crippen molar-refractivity contribution >= 4 is 39.2 Å². The van der Waals surface area contributed by atoms with Crippen LogP contribution in [0.25, 0.3) is 0 Å².